The van der Waals surface area contributed by atoms with Gasteiger partial charge in [0.1, 0.15) is 12.4 Å². The second-order valence-corrected chi connectivity index (χ2v) is 4.05. The Morgan fingerprint density at radius 3 is 2.26 bits per heavy atom. The second-order valence-electron chi connectivity index (χ2n) is 4.05. The monoisotopic (exact) mass is 259 g/mol. The van der Waals surface area contributed by atoms with Crippen molar-refractivity contribution >= 4 is 5.69 Å². The summed E-state index contributed by atoms with van der Waals surface area (Å²) in [5, 5.41) is 0. The molecule has 0 aromatic heterocycles. The number of anilines is 1. The summed E-state index contributed by atoms with van der Waals surface area (Å²) >= 11 is 0. The third kappa shape index (κ3) is 3.31. The summed E-state index contributed by atoms with van der Waals surface area (Å²) in [5.74, 6) is 2.13. The Labute approximate surface area is 112 Å². The molecule has 2 aromatic carbocycles. The highest BCUT2D eigenvalue weighted by atomic mass is 16.5. The first kappa shape index (κ1) is 13.1. The minimum atomic E-state index is 0.463. The Bertz CT molecular complexity index is 538. The van der Waals surface area contributed by atoms with Crippen LogP contribution < -0.4 is 19.9 Å². The van der Waals surface area contributed by atoms with Crippen molar-refractivity contribution < 1.29 is 14.2 Å². The lowest BCUT2D eigenvalue weighted by molar-refractivity contribution is 0.284. The van der Waals surface area contributed by atoms with E-state index in [2.05, 4.69) is 0 Å². The third-order valence-corrected chi connectivity index (χ3v) is 2.74. The van der Waals surface area contributed by atoms with Crippen LogP contribution in [-0.4, -0.2) is 14.2 Å². The van der Waals surface area contributed by atoms with Crippen molar-refractivity contribution in [3.8, 4) is 17.2 Å². The lowest BCUT2D eigenvalue weighted by Gasteiger charge is -2.11. The molecule has 0 saturated carbocycles. The van der Waals surface area contributed by atoms with Gasteiger partial charge in [-0.1, -0.05) is 12.1 Å². The average molecular weight is 259 g/mol. The molecule has 2 N–H and O–H groups in total. The molecule has 100 valence electrons. The van der Waals surface area contributed by atoms with Gasteiger partial charge < -0.3 is 19.9 Å². The van der Waals surface area contributed by atoms with Crippen LogP contribution in [0.15, 0.2) is 42.5 Å². The van der Waals surface area contributed by atoms with Crippen molar-refractivity contribution in [3.05, 3.63) is 48.0 Å². The molecule has 2 aromatic rings. The minimum absolute atomic E-state index is 0.463. The highest BCUT2D eigenvalue weighted by Crippen LogP contribution is 2.29. The summed E-state index contributed by atoms with van der Waals surface area (Å²) in [4.78, 5) is 0. The van der Waals surface area contributed by atoms with Crippen molar-refractivity contribution in [1.82, 2.24) is 0 Å². The predicted octanol–water partition coefficient (Wildman–Crippen LogP) is 2.87. The van der Waals surface area contributed by atoms with Crippen LogP contribution in [-0.2, 0) is 6.61 Å². The van der Waals surface area contributed by atoms with Crippen molar-refractivity contribution in [2.24, 2.45) is 0 Å². The molecule has 0 bridgehead atoms. The van der Waals surface area contributed by atoms with Crippen LogP contribution in [0.4, 0.5) is 5.69 Å². The first-order valence-corrected chi connectivity index (χ1v) is 5.92. The Morgan fingerprint density at radius 2 is 1.63 bits per heavy atom. The van der Waals surface area contributed by atoms with Gasteiger partial charge in [-0.2, -0.15) is 0 Å². The van der Waals surface area contributed by atoms with Gasteiger partial charge in [0.2, 0.25) is 0 Å². The summed E-state index contributed by atoms with van der Waals surface area (Å²) < 4.78 is 16.1. The number of rotatable bonds is 5. The van der Waals surface area contributed by atoms with E-state index in [9.17, 15) is 0 Å². The zero-order valence-electron chi connectivity index (χ0n) is 11.1. The summed E-state index contributed by atoms with van der Waals surface area (Å²) in [6.45, 7) is 0.463. The number of benzene rings is 2. The molecule has 0 aliphatic carbocycles. The fourth-order valence-corrected chi connectivity index (χ4v) is 1.69. The topological polar surface area (TPSA) is 53.7 Å². The van der Waals surface area contributed by atoms with Gasteiger partial charge in [0.15, 0.2) is 11.5 Å². The summed E-state index contributed by atoms with van der Waals surface area (Å²) in [7, 11) is 3.24. The van der Waals surface area contributed by atoms with Crippen LogP contribution in [0.2, 0.25) is 0 Å². The SMILES string of the molecule is COc1ccc(COc2ccc(N)cc2OC)cc1. The molecular weight excluding hydrogens is 242 g/mol. The van der Waals surface area contributed by atoms with Crippen LogP contribution >= 0.6 is 0 Å². The van der Waals surface area contributed by atoms with Crippen LogP contribution in [0.3, 0.4) is 0 Å². The summed E-state index contributed by atoms with van der Waals surface area (Å²) in [6, 6.07) is 13.1. The van der Waals surface area contributed by atoms with Gasteiger partial charge in [0.05, 0.1) is 14.2 Å². The number of hydrogen-bond acceptors (Lipinski definition) is 4. The summed E-state index contributed by atoms with van der Waals surface area (Å²) in [5.41, 5.74) is 7.39. The van der Waals surface area contributed by atoms with E-state index in [-0.39, 0.29) is 0 Å². The highest BCUT2D eigenvalue weighted by Gasteiger charge is 2.05. The van der Waals surface area contributed by atoms with E-state index in [0.717, 1.165) is 11.3 Å². The number of hydrogen-bond donors (Lipinski definition) is 1. The third-order valence-electron chi connectivity index (χ3n) is 2.74. The molecule has 4 nitrogen and oxygen atoms in total. The molecule has 2 rings (SSSR count). The molecule has 0 radical (unpaired) electrons. The largest absolute Gasteiger partial charge is 0.497 e. The zero-order valence-corrected chi connectivity index (χ0v) is 11.1. The van der Waals surface area contributed by atoms with E-state index in [4.69, 9.17) is 19.9 Å². The quantitative estimate of drug-likeness (QED) is 0.839. The zero-order chi connectivity index (χ0) is 13.7. The predicted molar refractivity (Wildman–Crippen MR) is 74.7 cm³/mol. The van der Waals surface area contributed by atoms with Gasteiger partial charge in [-0.15, -0.1) is 0 Å². The second kappa shape index (κ2) is 6.00. The van der Waals surface area contributed by atoms with Crippen LogP contribution in [0.5, 0.6) is 17.2 Å². The van der Waals surface area contributed by atoms with E-state index < -0.39 is 0 Å². The molecule has 0 saturated heterocycles. The van der Waals surface area contributed by atoms with E-state index in [1.807, 2.05) is 24.3 Å². The van der Waals surface area contributed by atoms with Crippen LogP contribution in [0, 0.1) is 0 Å². The van der Waals surface area contributed by atoms with Crippen LogP contribution in [0.25, 0.3) is 0 Å². The molecular formula is C15H17NO3. The lowest BCUT2D eigenvalue weighted by atomic mass is 10.2. The Morgan fingerprint density at radius 1 is 0.895 bits per heavy atom. The Kier molecular flexibility index (Phi) is 4.13. The molecule has 0 aliphatic rings. The van der Waals surface area contributed by atoms with Crippen molar-refractivity contribution in [2.75, 3.05) is 20.0 Å². The summed E-state index contributed by atoms with van der Waals surface area (Å²) in [6.07, 6.45) is 0. The number of nitrogens with two attached hydrogens (primary N) is 1. The normalized spacial score (nSPS) is 10.0. The molecule has 0 spiro atoms. The number of methoxy groups -OCH3 is 2. The molecule has 0 fully saturated rings. The number of ether oxygens (including phenoxy) is 3. The van der Waals surface area contributed by atoms with Crippen molar-refractivity contribution in [1.29, 1.82) is 0 Å². The molecule has 4 heteroatoms. The van der Waals surface area contributed by atoms with Crippen molar-refractivity contribution in [3.63, 3.8) is 0 Å². The molecule has 0 amide bonds. The van der Waals surface area contributed by atoms with Gasteiger partial charge in [-0.05, 0) is 29.8 Å². The first-order valence-electron chi connectivity index (χ1n) is 5.92. The van der Waals surface area contributed by atoms with Gasteiger partial charge in [-0.25, -0.2) is 0 Å². The first-order chi connectivity index (χ1) is 9.22. The van der Waals surface area contributed by atoms with Crippen LogP contribution in [0.1, 0.15) is 5.56 Å². The minimum Gasteiger partial charge on any atom is -0.497 e. The fraction of sp³-hybridized carbons (Fsp3) is 0.200. The maximum Gasteiger partial charge on any atom is 0.162 e. The van der Waals surface area contributed by atoms with Gasteiger partial charge in [0, 0.05) is 11.8 Å². The fourth-order valence-electron chi connectivity index (χ4n) is 1.69. The lowest BCUT2D eigenvalue weighted by Crippen LogP contribution is -1.98. The highest BCUT2D eigenvalue weighted by molar-refractivity contribution is 5.51. The van der Waals surface area contributed by atoms with Gasteiger partial charge in [0.25, 0.3) is 0 Å². The van der Waals surface area contributed by atoms with E-state index >= 15 is 0 Å². The average Bonchev–Trinajstić information content (AvgIpc) is 2.46. The van der Waals surface area contributed by atoms with E-state index in [0.29, 0.717) is 23.8 Å². The smallest absolute Gasteiger partial charge is 0.162 e. The van der Waals surface area contributed by atoms with Gasteiger partial charge in [-0.3, -0.25) is 0 Å². The molecule has 0 aliphatic heterocycles. The molecule has 0 unspecified atom stereocenters. The van der Waals surface area contributed by atoms with Gasteiger partial charge >= 0.3 is 0 Å². The maximum absolute atomic E-state index is 5.72. The number of nitrogen functional groups attached to an aromatic ring is 1. The Balaban J connectivity index is 2.05. The molecule has 0 heterocycles. The maximum atomic E-state index is 5.72. The van der Waals surface area contributed by atoms with Crippen molar-refractivity contribution in [2.45, 2.75) is 6.61 Å². The molecule has 19 heavy (non-hydrogen) atoms. The Hall–Kier alpha value is -2.36. The van der Waals surface area contributed by atoms with E-state index in [1.54, 1.807) is 32.4 Å². The molecule has 0 atom stereocenters. The van der Waals surface area contributed by atoms with E-state index in [1.165, 1.54) is 0 Å². The standard InChI is InChI=1S/C15H17NO3/c1-17-13-6-3-11(4-7-13)10-19-14-8-5-12(16)9-15(14)18-2/h3-9H,10,16H2,1-2H3.